The lowest BCUT2D eigenvalue weighted by Crippen LogP contribution is -2.72. The normalized spacial score (nSPS) is 21.8. The molecular formula is C20H25N5O2. The van der Waals surface area contributed by atoms with Crippen molar-refractivity contribution in [2.45, 2.75) is 25.0 Å². The minimum absolute atomic E-state index is 0.0318. The molecule has 0 saturated carbocycles. The number of ether oxygens (including phenoxy) is 1. The Kier molecular flexibility index (Phi) is 5.13. The molecule has 7 heteroatoms. The minimum Gasteiger partial charge on any atom is -0.375 e. The molecule has 27 heavy (non-hydrogen) atoms. The molecular weight excluding hydrogens is 342 g/mol. The highest BCUT2D eigenvalue weighted by Crippen LogP contribution is 2.38. The average molecular weight is 367 g/mol. The van der Waals surface area contributed by atoms with Crippen molar-refractivity contribution < 1.29 is 9.53 Å². The predicted molar refractivity (Wildman–Crippen MR) is 99.9 cm³/mol. The lowest BCUT2D eigenvalue weighted by Gasteiger charge is -2.58. The first kappa shape index (κ1) is 18.0. The molecule has 0 bridgehead atoms. The van der Waals surface area contributed by atoms with Gasteiger partial charge in [-0.3, -0.25) is 19.7 Å². The maximum absolute atomic E-state index is 12.5. The molecule has 4 rings (SSSR count). The van der Waals surface area contributed by atoms with Crippen molar-refractivity contribution in [3.63, 3.8) is 0 Å². The number of likely N-dealkylation sites (tertiary alicyclic amines) is 2. The van der Waals surface area contributed by atoms with Crippen LogP contribution in [-0.4, -0.2) is 69.5 Å². The van der Waals surface area contributed by atoms with E-state index in [0.717, 1.165) is 44.8 Å². The molecule has 0 aromatic carbocycles. The summed E-state index contributed by atoms with van der Waals surface area (Å²) >= 11 is 0. The Balaban J connectivity index is 1.30. The zero-order valence-electron chi connectivity index (χ0n) is 15.6. The van der Waals surface area contributed by atoms with Crippen molar-refractivity contribution in [3.05, 3.63) is 54.4 Å². The van der Waals surface area contributed by atoms with Gasteiger partial charge in [0, 0.05) is 31.7 Å². The summed E-state index contributed by atoms with van der Waals surface area (Å²) in [4.78, 5) is 29.2. The maximum Gasteiger partial charge on any atom is 0.274 e. The van der Waals surface area contributed by atoms with Crippen LogP contribution in [0.1, 0.15) is 29.0 Å². The summed E-state index contributed by atoms with van der Waals surface area (Å²) in [6.45, 7) is 3.82. The van der Waals surface area contributed by atoms with Crippen LogP contribution in [-0.2, 0) is 11.3 Å². The molecule has 1 amide bonds. The highest BCUT2D eigenvalue weighted by Gasteiger charge is 2.51. The van der Waals surface area contributed by atoms with Gasteiger partial charge >= 0.3 is 0 Å². The summed E-state index contributed by atoms with van der Waals surface area (Å²) in [5, 5.41) is 0. The first-order valence-corrected chi connectivity index (χ1v) is 9.40. The first-order valence-electron chi connectivity index (χ1n) is 9.40. The Bertz CT molecular complexity index is 764. The molecule has 2 aliphatic heterocycles. The molecule has 1 atom stereocenters. The minimum atomic E-state index is -0.0318. The fourth-order valence-electron chi connectivity index (χ4n) is 4.11. The predicted octanol–water partition coefficient (Wildman–Crippen LogP) is 1.62. The molecule has 2 saturated heterocycles. The SMILES string of the molecule is CN1CC[C@H](COCc2ccccn2)CC12CN(C(=O)c1cnccn1)C2. The number of likely N-dealkylation sites (N-methyl/N-ethyl adjacent to an activating group) is 1. The number of aromatic nitrogens is 3. The van der Waals surface area contributed by atoms with Crippen LogP contribution >= 0.6 is 0 Å². The van der Waals surface area contributed by atoms with Crippen LogP contribution in [0, 0.1) is 5.92 Å². The van der Waals surface area contributed by atoms with Crippen molar-refractivity contribution in [2.24, 2.45) is 5.92 Å². The number of hydrogen-bond acceptors (Lipinski definition) is 6. The van der Waals surface area contributed by atoms with Gasteiger partial charge < -0.3 is 9.64 Å². The van der Waals surface area contributed by atoms with Crippen LogP contribution in [0.4, 0.5) is 0 Å². The topological polar surface area (TPSA) is 71.5 Å². The van der Waals surface area contributed by atoms with Crippen LogP contribution in [0.3, 0.4) is 0 Å². The number of carbonyl (C=O) groups excluding carboxylic acids is 1. The number of pyridine rings is 1. The maximum atomic E-state index is 12.5. The van der Waals surface area contributed by atoms with E-state index in [1.54, 1.807) is 18.6 Å². The van der Waals surface area contributed by atoms with Crippen LogP contribution < -0.4 is 0 Å². The van der Waals surface area contributed by atoms with Gasteiger partial charge in [-0.2, -0.15) is 0 Å². The second-order valence-corrected chi connectivity index (χ2v) is 7.59. The molecule has 0 aliphatic carbocycles. The molecule has 7 nitrogen and oxygen atoms in total. The van der Waals surface area contributed by atoms with Crippen molar-refractivity contribution in [3.8, 4) is 0 Å². The third-order valence-electron chi connectivity index (χ3n) is 5.72. The molecule has 2 fully saturated rings. The Labute approximate surface area is 159 Å². The van der Waals surface area contributed by atoms with E-state index in [4.69, 9.17) is 4.74 Å². The summed E-state index contributed by atoms with van der Waals surface area (Å²) in [6.07, 6.45) is 8.64. The molecule has 0 N–H and O–H groups in total. The second kappa shape index (κ2) is 7.70. The van der Waals surface area contributed by atoms with Crippen molar-refractivity contribution in [1.29, 1.82) is 0 Å². The molecule has 142 valence electrons. The molecule has 2 aromatic heterocycles. The highest BCUT2D eigenvalue weighted by atomic mass is 16.5. The number of piperidine rings is 1. The molecule has 1 spiro atoms. The van der Waals surface area contributed by atoms with Crippen molar-refractivity contribution in [1.82, 2.24) is 24.8 Å². The molecule has 2 aliphatic rings. The van der Waals surface area contributed by atoms with E-state index in [2.05, 4.69) is 26.9 Å². The molecule has 0 unspecified atom stereocenters. The van der Waals surface area contributed by atoms with E-state index in [9.17, 15) is 4.79 Å². The summed E-state index contributed by atoms with van der Waals surface area (Å²) in [5.74, 6) is 0.481. The second-order valence-electron chi connectivity index (χ2n) is 7.59. The third kappa shape index (κ3) is 3.84. The van der Waals surface area contributed by atoms with Gasteiger partial charge in [0.2, 0.25) is 0 Å². The molecule has 4 heterocycles. The van der Waals surface area contributed by atoms with E-state index >= 15 is 0 Å². The quantitative estimate of drug-likeness (QED) is 0.800. The average Bonchev–Trinajstić information content (AvgIpc) is 2.68. The zero-order valence-corrected chi connectivity index (χ0v) is 15.6. The standard InChI is InChI=1S/C20H25N5O2/c1-24-9-5-16(12-27-13-17-4-2-3-6-22-17)10-20(24)14-25(15-20)19(26)18-11-21-7-8-23-18/h2-4,6-8,11,16H,5,9-10,12-15H2,1H3/t16-/m0/s1. The van der Waals surface area contributed by atoms with Gasteiger partial charge in [-0.25, -0.2) is 4.98 Å². The van der Waals surface area contributed by atoms with Gasteiger partial charge in [-0.05, 0) is 44.5 Å². The summed E-state index contributed by atoms with van der Waals surface area (Å²) in [6, 6.07) is 5.88. The number of amides is 1. The van der Waals surface area contributed by atoms with E-state index in [0.29, 0.717) is 18.2 Å². The van der Waals surface area contributed by atoms with Gasteiger partial charge in [-0.15, -0.1) is 0 Å². The van der Waals surface area contributed by atoms with Crippen molar-refractivity contribution in [2.75, 3.05) is 33.3 Å². The number of rotatable bonds is 5. The van der Waals surface area contributed by atoms with Crippen LogP contribution in [0.25, 0.3) is 0 Å². The Hall–Kier alpha value is -2.38. The smallest absolute Gasteiger partial charge is 0.274 e. The fourth-order valence-corrected chi connectivity index (χ4v) is 4.11. The van der Waals surface area contributed by atoms with E-state index in [1.165, 1.54) is 6.20 Å². The van der Waals surface area contributed by atoms with E-state index < -0.39 is 0 Å². The Morgan fingerprint density at radius 2 is 2.15 bits per heavy atom. The van der Waals surface area contributed by atoms with Crippen LogP contribution in [0.5, 0.6) is 0 Å². The number of hydrogen-bond donors (Lipinski definition) is 0. The van der Waals surface area contributed by atoms with Crippen molar-refractivity contribution >= 4 is 5.91 Å². The van der Waals surface area contributed by atoms with Gasteiger partial charge in [0.1, 0.15) is 5.69 Å². The highest BCUT2D eigenvalue weighted by molar-refractivity contribution is 5.92. The van der Waals surface area contributed by atoms with Gasteiger partial charge in [0.05, 0.1) is 30.6 Å². The van der Waals surface area contributed by atoms with Gasteiger partial charge in [0.25, 0.3) is 5.91 Å². The molecule has 0 radical (unpaired) electrons. The Morgan fingerprint density at radius 3 is 2.89 bits per heavy atom. The van der Waals surface area contributed by atoms with Gasteiger partial charge in [0.15, 0.2) is 0 Å². The summed E-state index contributed by atoms with van der Waals surface area (Å²) in [5.41, 5.74) is 1.44. The van der Waals surface area contributed by atoms with Crippen LogP contribution in [0.15, 0.2) is 43.0 Å². The number of carbonyl (C=O) groups is 1. The lowest BCUT2D eigenvalue weighted by atomic mass is 9.75. The fraction of sp³-hybridized carbons (Fsp3) is 0.500. The van der Waals surface area contributed by atoms with Gasteiger partial charge in [-0.1, -0.05) is 6.07 Å². The number of nitrogens with zero attached hydrogens (tertiary/aromatic N) is 5. The first-order chi connectivity index (χ1) is 13.2. The Morgan fingerprint density at radius 1 is 1.26 bits per heavy atom. The largest absolute Gasteiger partial charge is 0.375 e. The van der Waals surface area contributed by atoms with Crippen LogP contribution in [0.2, 0.25) is 0 Å². The third-order valence-corrected chi connectivity index (χ3v) is 5.72. The molecule has 2 aromatic rings. The summed E-state index contributed by atoms with van der Waals surface area (Å²) in [7, 11) is 2.16. The zero-order chi connectivity index (χ0) is 18.7. The summed E-state index contributed by atoms with van der Waals surface area (Å²) < 4.78 is 5.92. The monoisotopic (exact) mass is 367 g/mol. The lowest BCUT2D eigenvalue weighted by molar-refractivity contribution is -0.0770. The van der Waals surface area contributed by atoms with E-state index in [-0.39, 0.29) is 11.4 Å². The van der Waals surface area contributed by atoms with E-state index in [1.807, 2.05) is 23.1 Å².